The van der Waals surface area contributed by atoms with Crippen LogP contribution < -0.4 is 4.74 Å². The van der Waals surface area contributed by atoms with Crippen LogP contribution in [0, 0.1) is 0 Å². The first-order valence-electron chi connectivity index (χ1n) is 6.59. The maximum absolute atomic E-state index is 12.0. The van der Waals surface area contributed by atoms with E-state index >= 15 is 0 Å². The normalized spacial score (nSPS) is 19.9. The highest BCUT2D eigenvalue weighted by Crippen LogP contribution is 2.35. The molecular formula is C15H16O6. The molecule has 0 bridgehead atoms. The standard InChI is InChI=1S/C15H16O6/c1-3-19-13(16)11-9-10-7-5-6-8-12(10)21-15(11,18)14(17)20-4-2/h5-9,18H,3-4H2,1-2H3. The summed E-state index contributed by atoms with van der Waals surface area (Å²) in [6.07, 6.45) is 1.37. The van der Waals surface area contributed by atoms with Gasteiger partial charge < -0.3 is 19.3 Å². The molecule has 1 aliphatic heterocycles. The maximum atomic E-state index is 12.0. The van der Waals surface area contributed by atoms with Gasteiger partial charge >= 0.3 is 17.7 Å². The average Bonchev–Trinajstić information content (AvgIpc) is 2.47. The first kappa shape index (κ1) is 15.1. The number of ether oxygens (including phenoxy) is 3. The summed E-state index contributed by atoms with van der Waals surface area (Å²) in [7, 11) is 0. The summed E-state index contributed by atoms with van der Waals surface area (Å²) in [5.74, 6) is -4.11. The minimum atomic E-state index is -2.50. The summed E-state index contributed by atoms with van der Waals surface area (Å²) in [6.45, 7) is 3.37. The summed E-state index contributed by atoms with van der Waals surface area (Å²) in [4.78, 5) is 24.0. The molecule has 1 N–H and O–H groups in total. The Morgan fingerprint density at radius 3 is 2.52 bits per heavy atom. The number of aliphatic hydroxyl groups is 1. The van der Waals surface area contributed by atoms with Crippen LogP contribution in [-0.2, 0) is 19.1 Å². The molecular weight excluding hydrogens is 276 g/mol. The number of carbonyl (C=O) groups excluding carboxylic acids is 2. The monoisotopic (exact) mass is 292 g/mol. The number of esters is 2. The van der Waals surface area contributed by atoms with Crippen molar-refractivity contribution < 1.29 is 28.9 Å². The van der Waals surface area contributed by atoms with Crippen LogP contribution >= 0.6 is 0 Å². The van der Waals surface area contributed by atoms with Gasteiger partial charge in [0.2, 0.25) is 0 Å². The van der Waals surface area contributed by atoms with Crippen LogP contribution in [0.3, 0.4) is 0 Å². The molecule has 1 aromatic rings. The molecule has 1 atom stereocenters. The number of carbonyl (C=O) groups is 2. The Morgan fingerprint density at radius 1 is 1.19 bits per heavy atom. The summed E-state index contributed by atoms with van der Waals surface area (Å²) in [5.41, 5.74) is 0.260. The number of hydrogen-bond acceptors (Lipinski definition) is 6. The summed E-state index contributed by atoms with van der Waals surface area (Å²) >= 11 is 0. The Hall–Kier alpha value is -2.34. The van der Waals surface area contributed by atoms with Crippen molar-refractivity contribution in [2.45, 2.75) is 19.6 Å². The lowest BCUT2D eigenvalue weighted by molar-refractivity contribution is -0.192. The lowest BCUT2D eigenvalue weighted by Gasteiger charge is -2.31. The zero-order valence-electron chi connectivity index (χ0n) is 11.8. The molecule has 21 heavy (non-hydrogen) atoms. The van der Waals surface area contributed by atoms with Crippen molar-refractivity contribution in [1.82, 2.24) is 0 Å². The second kappa shape index (κ2) is 5.97. The summed E-state index contributed by atoms with van der Waals surface area (Å²) in [5, 5.41) is 10.5. The molecule has 0 saturated heterocycles. The number of fused-ring (bicyclic) bond motifs is 1. The van der Waals surface area contributed by atoms with Crippen molar-refractivity contribution in [3.63, 3.8) is 0 Å². The van der Waals surface area contributed by atoms with Gasteiger partial charge in [0.05, 0.1) is 13.2 Å². The van der Waals surface area contributed by atoms with E-state index in [4.69, 9.17) is 14.2 Å². The van der Waals surface area contributed by atoms with Crippen molar-refractivity contribution >= 4 is 18.0 Å². The Labute approximate surface area is 121 Å². The largest absolute Gasteiger partial charge is 0.462 e. The number of hydrogen-bond donors (Lipinski definition) is 1. The first-order chi connectivity index (χ1) is 10.0. The van der Waals surface area contributed by atoms with E-state index in [1.165, 1.54) is 6.08 Å². The van der Waals surface area contributed by atoms with Crippen molar-refractivity contribution in [2.75, 3.05) is 13.2 Å². The fourth-order valence-corrected chi connectivity index (χ4v) is 1.95. The third kappa shape index (κ3) is 2.75. The topological polar surface area (TPSA) is 82.1 Å². The highest BCUT2D eigenvalue weighted by Gasteiger charge is 2.50. The Kier molecular flexibility index (Phi) is 4.28. The van der Waals surface area contributed by atoms with Crippen molar-refractivity contribution in [3.8, 4) is 5.75 Å². The Bertz CT molecular complexity index is 592. The van der Waals surface area contributed by atoms with Crippen molar-refractivity contribution in [1.29, 1.82) is 0 Å². The van der Waals surface area contributed by atoms with Crippen LogP contribution in [0.1, 0.15) is 19.4 Å². The van der Waals surface area contributed by atoms with Gasteiger partial charge in [-0.15, -0.1) is 0 Å². The predicted molar refractivity (Wildman–Crippen MR) is 73.3 cm³/mol. The van der Waals surface area contributed by atoms with Crippen LogP contribution in [0.25, 0.3) is 6.08 Å². The van der Waals surface area contributed by atoms with E-state index in [0.29, 0.717) is 5.56 Å². The molecule has 1 aromatic carbocycles. The van der Waals surface area contributed by atoms with Gasteiger partial charge in [0.25, 0.3) is 0 Å². The van der Waals surface area contributed by atoms with Gasteiger partial charge in [-0.3, -0.25) is 0 Å². The van der Waals surface area contributed by atoms with Crippen LogP contribution in [0.4, 0.5) is 0 Å². The molecule has 0 aliphatic carbocycles. The molecule has 0 aromatic heterocycles. The zero-order chi connectivity index (χ0) is 15.5. The van der Waals surface area contributed by atoms with E-state index in [0.717, 1.165) is 0 Å². The second-order valence-electron chi connectivity index (χ2n) is 4.28. The molecule has 1 heterocycles. The molecule has 0 fully saturated rings. The minimum Gasteiger partial charge on any atom is -0.462 e. The smallest absolute Gasteiger partial charge is 0.385 e. The molecule has 1 unspecified atom stereocenters. The van der Waals surface area contributed by atoms with Crippen molar-refractivity contribution in [3.05, 3.63) is 35.4 Å². The predicted octanol–water partition coefficient (Wildman–Crippen LogP) is 1.28. The third-order valence-electron chi connectivity index (χ3n) is 2.89. The van der Waals surface area contributed by atoms with Gasteiger partial charge in [0, 0.05) is 5.56 Å². The van der Waals surface area contributed by atoms with Gasteiger partial charge in [0.15, 0.2) is 0 Å². The van der Waals surface area contributed by atoms with E-state index < -0.39 is 17.7 Å². The third-order valence-corrected chi connectivity index (χ3v) is 2.89. The Morgan fingerprint density at radius 2 is 1.86 bits per heavy atom. The molecule has 112 valence electrons. The molecule has 0 amide bonds. The number of para-hydroxylation sites is 1. The number of benzene rings is 1. The van der Waals surface area contributed by atoms with Gasteiger partial charge in [0.1, 0.15) is 11.3 Å². The highest BCUT2D eigenvalue weighted by molar-refractivity contribution is 6.04. The average molecular weight is 292 g/mol. The fraction of sp³-hybridized carbons (Fsp3) is 0.333. The fourth-order valence-electron chi connectivity index (χ4n) is 1.95. The maximum Gasteiger partial charge on any atom is 0.385 e. The second-order valence-corrected chi connectivity index (χ2v) is 4.28. The summed E-state index contributed by atoms with van der Waals surface area (Å²) in [6, 6.07) is 6.71. The molecule has 1 aliphatic rings. The SMILES string of the molecule is CCOC(=O)C1=Cc2ccccc2OC1(O)C(=O)OCC. The van der Waals surface area contributed by atoms with Gasteiger partial charge in [-0.1, -0.05) is 18.2 Å². The molecule has 2 rings (SSSR count). The number of rotatable bonds is 4. The van der Waals surface area contributed by atoms with Gasteiger partial charge in [-0.25, -0.2) is 9.59 Å². The Balaban J connectivity index is 2.49. The van der Waals surface area contributed by atoms with E-state index in [-0.39, 0.29) is 24.5 Å². The van der Waals surface area contributed by atoms with E-state index in [2.05, 4.69) is 0 Å². The van der Waals surface area contributed by atoms with Gasteiger partial charge in [-0.05, 0) is 26.0 Å². The lowest BCUT2D eigenvalue weighted by Crippen LogP contribution is -2.51. The van der Waals surface area contributed by atoms with Crippen molar-refractivity contribution in [2.24, 2.45) is 0 Å². The van der Waals surface area contributed by atoms with E-state index in [1.807, 2.05) is 0 Å². The van der Waals surface area contributed by atoms with E-state index in [1.54, 1.807) is 38.1 Å². The first-order valence-corrected chi connectivity index (χ1v) is 6.59. The van der Waals surface area contributed by atoms with E-state index in [9.17, 15) is 14.7 Å². The lowest BCUT2D eigenvalue weighted by atomic mass is 9.98. The molecule has 6 heteroatoms. The molecule has 6 nitrogen and oxygen atoms in total. The van der Waals surface area contributed by atoms with Crippen LogP contribution in [-0.4, -0.2) is 36.0 Å². The minimum absolute atomic E-state index is 0.0439. The summed E-state index contributed by atoms with van der Waals surface area (Å²) < 4.78 is 15.0. The van der Waals surface area contributed by atoms with Gasteiger partial charge in [-0.2, -0.15) is 0 Å². The highest BCUT2D eigenvalue weighted by atomic mass is 16.7. The van der Waals surface area contributed by atoms with Crippen LogP contribution in [0.2, 0.25) is 0 Å². The molecule has 0 spiro atoms. The quantitative estimate of drug-likeness (QED) is 0.842. The zero-order valence-corrected chi connectivity index (χ0v) is 11.8. The van der Waals surface area contributed by atoms with Crippen LogP contribution in [0.5, 0.6) is 5.75 Å². The molecule has 0 saturated carbocycles. The molecule has 0 radical (unpaired) electrons. The van der Waals surface area contributed by atoms with Crippen LogP contribution in [0.15, 0.2) is 29.8 Å².